The summed E-state index contributed by atoms with van der Waals surface area (Å²) in [4.78, 5) is 0. The average Bonchev–Trinajstić information content (AvgIpc) is 1.92. The highest BCUT2D eigenvalue weighted by molar-refractivity contribution is 7.91. The van der Waals surface area contributed by atoms with Crippen LogP contribution in [0.25, 0.3) is 0 Å². The Bertz CT molecular complexity index is 147. The number of rotatable bonds is 0. The number of hydrogen-bond donors (Lipinski definition) is 0. The molecule has 0 unspecified atom stereocenters. The minimum Gasteiger partial charge on any atom is -0.229 e. The van der Waals surface area contributed by atoms with E-state index in [1.165, 1.54) is 0 Å². The number of sulfone groups is 1. The van der Waals surface area contributed by atoms with Gasteiger partial charge in [-0.2, -0.15) is 0 Å². The molecule has 0 radical (unpaired) electrons. The van der Waals surface area contributed by atoms with Crippen LogP contribution in [0.5, 0.6) is 0 Å². The fraction of sp³-hybridized carbons (Fsp3) is 1.00. The van der Waals surface area contributed by atoms with E-state index in [-0.39, 0.29) is 7.43 Å². The second kappa shape index (κ2) is 6.65. The minimum absolute atomic E-state index is 0. The first-order valence-electron chi connectivity index (χ1n) is 3.91. The summed E-state index contributed by atoms with van der Waals surface area (Å²) >= 11 is 0. The molecule has 0 aromatic heterocycles. The molecular formula is C8H20O2S. The van der Waals surface area contributed by atoms with Gasteiger partial charge in [-0.3, -0.25) is 0 Å². The van der Waals surface area contributed by atoms with Crippen molar-refractivity contribution in [2.75, 3.05) is 11.5 Å². The Morgan fingerprint density at radius 1 is 0.909 bits per heavy atom. The molecule has 1 rings (SSSR count). The van der Waals surface area contributed by atoms with Gasteiger partial charge in [0.1, 0.15) is 9.84 Å². The van der Waals surface area contributed by atoms with E-state index in [9.17, 15) is 8.42 Å². The van der Waals surface area contributed by atoms with Crippen molar-refractivity contribution in [1.29, 1.82) is 0 Å². The summed E-state index contributed by atoms with van der Waals surface area (Å²) in [5, 5.41) is 0. The summed E-state index contributed by atoms with van der Waals surface area (Å²) in [6.45, 7) is 4.00. The van der Waals surface area contributed by atoms with Gasteiger partial charge in [-0.25, -0.2) is 8.42 Å². The van der Waals surface area contributed by atoms with Crippen LogP contribution in [0.4, 0.5) is 0 Å². The molecule has 1 aliphatic heterocycles. The quantitative estimate of drug-likeness (QED) is 0.573. The molecule has 1 saturated heterocycles. The van der Waals surface area contributed by atoms with Gasteiger partial charge in [-0.05, 0) is 12.8 Å². The van der Waals surface area contributed by atoms with Gasteiger partial charge in [0.25, 0.3) is 0 Å². The zero-order chi connectivity index (χ0) is 8.04. The molecule has 0 N–H and O–H groups in total. The Morgan fingerprint density at radius 3 is 1.45 bits per heavy atom. The predicted octanol–water partition coefficient (Wildman–Crippen LogP) is 2.25. The molecule has 11 heavy (non-hydrogen) atoms. The Morgan fingerprint density at radius 2 is 1.27 bits per heavy atom. The van der Waals surface area contributed by atoms with Crippen LogP contribution >= 0.6 is 0 Å². The lowest BCUT2D eigenvalue weighted by Gasteiger charge is -2.08. The topological polar surface area (TPSA) is 34.1 Å². The van der Waals surface area contributed by atoms with Gasteiger partial charge in [-0.15, -0.1) is 0 Å². The lowest BCUT2D eigenvalue weighted by molar-refractivity contribution is 0.575. The maximum atomic E-state index is 10.7. The molecule has 3 heteroatoms. The molecule has 0 bridgehead atoms. The third kappa shape index (κ3) is 6.35. The summed E-state index contributed by atoms with van der Waals surface area (Å²) in [6, 6.07) is 0. The summed E-state index contributed by atoms with van der Waals surface area (Å²) in [5.41, 5.74) is 0. The van der Waals surface area contributed by atoms with Crippen LogP contribution < -0.4 is 0 Å². The third-order valence-corrected chi connectivity index (χ3v) is 3.23. The van der Waals surface area contributed by atoms with Gasteiger partial charge in [0.15, 0.2) is 0 Å². The fourth-order valence-corrected chi connectivity index (χ4v) is 2.41. The van der Waals surface area contributed by atoms with Gasteiger partial charge >= 0.3 is 0 Å². The Labute approximate surface area is 70.9 Å². The molecule has 0 aromatic rings. The van der Waals surface area contributed by atoms with Crippen molar-refractivity contribution >= 4 is 9.84 Å². The summed E-state index contributed by atoms with van der Waals surface area (Å²) < 4.78 is 21.3. The van der Waals surface area contributed by atoms with Crippen LogP contribution in [0, 0.1) is 0 Å². The lowest BCUT2D eigenvalue weighted by atomic mass is 10.3. The Balaban J connectivity index is 0. The van der Waals surface area contributed by atoms with E-state index < -0.39 is 9.84 Å². The zero-order valence-corrected chi connectivity index (χ0v) is 7.58. The van der Waals surface area contributed by atoms with Crippen LogP contribution in [0.2, 0.25) is 0 Å². The van der Waals surface area contributed by atoms with Gasteiger partial charge in [-0.1, -0.05) is 27.7 Å². The van der Waals surface area contributed by atoms with Crippen molar-refractivity contribution < 1.29 is 8.42 Å². The molecule has 1 fully saturated rings. The predicted molar refractivity (Wildman–Crippen MR) is 50.6 cm³/mol. The van der Waals surface area contributed by atoms with Crippen LogP contribution in [0.15, 0.2) is 0 Å². The summed E-state index contributed by atoms with van der Waals surface area (Å²) in [6.07, 6.45) is 2.85. The third-order valence-electron chi connectivity index (χ3n) is 1.41. The van der Waals surface area contributed by atoms with E-state index in [4.69, 9.17) is 0 Å². The van der Waals surface area contributed by atoms with E-state index in [1.807, 2.05) is 13.8 Å². The van der Waals surface area contributed by atoms with E-state index in [1.54, 1.807) is 0 Å². The Hall–Kier alpha value is -0.0500. The maximum absolute atomic E-state index is 10.7. The van der Waals surface area contributed by atoms with Crippen molar-refractivity contribution in [1.82, 2.24) is 0 Å². The monoisotopic (exact) mass is 180 g/mol. The van der Waals surface area contributed by atoms with Gasteiger partial charge < -0.3 is 0 Å². The highest BCUT2D eigenvalue weighted by Gasteiger charge is 2.14. The summed E-state index contributed by atoms with van der Waals surface area (Å²) in [7, 11) is -2.58. The molecule has 1 heterocycles. The largest absolute Gasteiger partial charge is 0.229 e. The van der Waals surface area contributed by atoms with Crippen molar-refractivity contribution in [3.05, 3.63) is 0 Å². The van der Waals surface area contributed by atoms with Gasteiger partial charge in [0.05, 0.1) is 11.5 Å². The van der Waals surface area contributed by atoms with Crippen LogP contribution in [0.1, 0.15) is 40.5 Å². The SMILES string of the molecule is C.CC.O=S1(=O)CCCCC1. The minimum atomic E-state index is -2.58. The molecule has 0 aliphatic carbocycles. The van der Waals surface area contributed by atoms with E-state index in [2.05, 4.69) is 0 Å². The van der Waals surface area contributed by atoms with Crippen molar-refractivity contribution in [3.63, 3.8) is 0 Å². The van der Waals surface area contributed by atoms with E-state index in [0.29, 0.717) is 11.5 Å². The standard InChI is InChI=1S/C5H10O2S.C2H6.CH4/c6-8(7)4-2-1-3-5-8;1-2;/h1-5H2;1-2H3;1H4. The smallest absolute Gasteiger partial charge is 0.150 e. The van der Waals surface area contributed by atoms with E-state index >= 15 is 0 Å². The first kappa shape index (κ1) is 13.5. The molecule has 0 aromatic carbocycles. The second-order valence-electron chi connectivity index (χ2n) is 2.21. The number of hydrogen-bond acceptors (Lipinski definition) is 2. The molecule has 0 atom stereocenters. The summed E-state index contributed by atoms with van der Waals surface area (Å²) in [5.74, 6) is 0.847. The molecule has 2 nitrogen and oxygen atoms in total. The molecule has 0 spiro atoms. The highest BCUT2D eigenvalue weighted by Crippen LogP contribution is 2.09. The molecule has 0 amide bonds. The second-order valence-corrected chi connectivity index (χ2v) is 4.52. The Kier molecular flexibility index (Phi) is 8.18. The van der Waals surface area contributed by atoms with Crippen molar-refractivity contribution in [3.8, 4) is 0 Å². The van der Waals surface area contributed by atoms with E-state index in [0.717, 1.165) is 19.3 Å². The maximum Gasteiger partial charge on any atom is 0.150 e. The van der Waals surface area contributed by atoms with Gasteiger partial charge in [0, 0.05) is 0 Å². The first-order chi connectivity index (χ1) is 4.71. The lowest BCUT2D eigenvalue weighted by Crippen LogP contribution is -2.15. The highest BCUT2D eigenvalue weighted by atomic mass is 32.2. The van der Waals surface area contributed by atoms with Crippen molar-refractivity contribution in [2.45, 2.75) is 40.5 Å². The zero-order valence-electron chi connectivity index (χ0n) is 6.76. The molecule has 0 saturated carbocycles. The van der Waals surface area contributed by atoms with Crippen molar-refractivity contribution in [2.24, 2.45) is 0 Å². The first-order valence-corrected chi connectivity index (χ1v) is 5.73. The molecule has 70 valence electrons. The average molecular weight is 180 g/mol. The fourth-order valence-electron chi connectivity index (χ4n) is 0.923. The normalized spacial score (nSPS) is 20.5. The molecular weight excluding hydrogens is 160 g/mol. The van der Waals surface area contributed by atoms with Crippen LogP contribution in [-0.2, 0) is 9.84 Å². The van der Waals surface area contributed by atoms with Gasteiger partial charge in [0.2, 0.25) is 0 Å². The molecule has 1 aliphatic rings. The van der Waals surface area contributed by atoms with Crippen LogP contribution in [0.3, 0.4) is 0 Å². The van der Waals surface area contributed by atoms with Crippen LogP contribution in [-0.4, -0.2) is 19.9 Å².